The summed E-state index contributed by atoms with van der Waals surface area (Å²) in [5.41, 5.74) is 1.26. The summed E-state index contributed by atoms with van der Waals surface area (Å²) >= 11 is 0. The third kappa shape index (κ3) is 2.75. The van der Waals surface area contributed by atoms with Gasteiger partial charge in [-0.3, -0.25) is 4.79 Å². The van der Waals surface area contributed by atoms with Crippen molar-refractivity contribution in [2.75, 3.05) is 5.32 Å². The van der Waals surface area contributed by atoms with Gasteiger partial charge in [0.2, 0.25) is 0 Å². The van der Waals surface area contributed by atoms with Gasteiger partial charge in [0.15, 0.2) is 0 Å². The summed E-state index contributed by atoms with van der Waals surface area (Å²) in [5.74, 6) is -0.899. The number of rotatable bonds is 2. The molecule has 100 valence electrons. The monoisotopic (exact) mass is 270 g/mol. The molecule has 0 aromatic heterocycles. The molecule has 0 unspecified atom stereocenters. The Bertz CT molecular complexity index is 720. The van der Waals surface area contributed by atoms with Crippen LogP contribution in [0.3, 0.4) is 0 Å². The van der Waals surface area contributed by atoms with Crippen LogP contribution in [0.1, 0.15) is 21.5 Å². The van der Waals surface area contributed by atoms with Crippen LogP contribution in [-0.2, 0) is 0 Å². The Balaban J connectivity index is 2.31. The maximum atomic E-state index is 13.0. The molecule has 0 aliphatic rings. The van der Waals surface area contributed by atoms with Gasteiger partial charge in [0, 0.05) is 5.56 Å². The second kappa shape index (κ2) is 5.41. The molecular formula is C15H11FN2O2. The van der Waals surface area contributed by atoms with Crippen LogP contribution >= 0.6 is 0 Å². The van der Waals surface area contributed by atoms with E-state index < -0.39 is 11.7 Å². The molecule has 5 heteroatoms. The van der Waals surface area contributed by atoms with E-state index in [4.69, 9.17) is 5.26 Å². The second-order valence-electron chi connectivity index (χ2n) is 4.26. The zero-order chi connectivity index (χ0) is 14.7. The number of nitrogens with zero attached hydrogens (tertiary/aromatic N) is 1. The number of anilines is 1. The molecular weight excluding hydrogens is 259 g/mol. The molecule has 0 bridgehead atoms. The van der Waals surface area contributed by atoms with Crippen molar-refractivity contribution in [1.29, 1.82) is 5.26 Å². The molecule has 0 fully saturated rings. The molecule has 0 atom stereocenters. The van der Waals surface area contributed by atoms with Crippen molar-refractivity contribution in [3.05, 3.63) is 58.9 Å². The number of carbonyl (C=O) groups is 1. The first-order valence-corrected chi connectivity index (χ1v) is 5.82. The number of hydrogen-bond donors (Lipinski definition) is 2. The highest BCUT2D eigenvalue weighted by Crippen LogP contribution is 2.20. The summed E-state index contributed by atoms with van der Waals surface area (Å²) in [4.78, 5) is 12.1. The maximum Gasteiger partial charge on any atom is 0.255 e. The van der Waals surface area contributed by atoms with Gasteiger partial charge in [-0.2, -0.15) is 5.26 Å². The normalized spacial score (nSPS) is 9.85. The number of hydrogen-bond acceptors (Lipinski definition) is 3. The predicted molar refractivity (Wildman–Crippen MR) is 71.9 cm³/mol. The van der Waals surface area contributed by atoms with Gasteiger partial charge < -0.3 is 10.4 Å². The van der Waals surface area contributed by atoms with Crippen LogP contribution in [0.15, 0.2) is 36.4 Å². The van der Waals surface area contributed by atoms with Gasteiger partial charge in [0.1, 0.15) is 17.6 Å². The number of carbonyl (C=O) groups excluding carboxylic acids is 1. The van der Waals surface area contributed by atoms with Gasteiger partial charge in [-0.1, -0.05) is 0 Å². The van der Waals surface area contributed by atoms with E-state index in [1.54, 1.807) is 6.92 Å². The zero-order valence-electron chi connectivity index (χ0n) is 10.6. The van der Waals surface area contributed by atoms with Crippen molar-refractivity contribution in [3.63, 3.8) is 0 Å². The number of benzene rings is 2. The minimum Gasteiger partial charge on any atom is -0.508 e. The van der Waals surface area contributed by atoms with E-state index in [0.29, 0.717) is 11.1 Å². The Morgan fingerprint density at radius 2 is 2.05 bits per heavy atom. The van der Waals surface area contributed by atoms with Crippen molar-refractivity contribution in [2.24, 2.45) is 0 Å². The lowest BCUT2D eigenvalue weighted by Gasteiger charge is -2.09. The summed E-state index contributed by atoms with van der Waals surface area (Å²) in [6.45, 7) is 1.69. The van der Waals surface area contributed by atoms with Crippen molar-refractivity contribution in [3.8, 4) is 11.8 Å². The van der Waals surface area contributed by atoms with E-state index in [2.05, 4.69) is 5.32 Å². The molecule has 0 aliphatic heterocycles. The first kappa shape index (κ1) is 13.6. The first-order valence-electron chi connectivity index (χ1n) is 5.82. The van der Waals surface area contributed by atoms with Crippen LogP contribution in [-0.4, -0.2) is 11.0 Å². The Morgan fingerprint density at radius 1 is 1.30 bits per heavy atom. The summed E-state index contributed by atoms with van der Waals surface area (Å²) in [7, 11) is 0. The third-order valence-electron chi connectivity index (χ3n) is 2.80. The molecule has 2 N–H and O–H groups in total. The molecule has 0 saturated heterocycles. The quantitative estimate of drug-likeness (QED) is 0.881. The maximum absolute atomic E-state index is 13.0. The third-order valence-corrected chi connectivity index (χ3v) is 2.80. The summed E-state index contributed by atoms with van der Waals surface area (Å²) in [5, 5.41) is 20.8. The number of amides is 1. The minimum absolute atomic E-state index is 0.0507. The van der Waals surface area contributed by atoms with Crippen molar-refractivity contribution in [1.82, 2.24) is 0 Å². The van der Waals surface area contributed by atoms with Crippen LogP contribution in [0.2, 0.25) is 0 Å². The van der Waals surface area contributed by atoms with Crippen LogP contribution in [0.25, 0.3) is 0 Å². The largest absolute Gasteiger partial charge is 0.508 e. The van der Waals surface area contributed by atoms with Gasteiger partial charge in [-0.15, -0.1) is 0 Å². The van der Waals surface area contributed by atoms with Gasteiger partial charge in [0.25, 0.3) is 5.91 Å². The number of nitrogens with one attached hydrogen (secondary N) is 1. The molecule has 4 nitrogen and oxygen atoms in total. The van der Waals surface area contributed by atoms with Crippen molar-refractivity contribution in [2.45, 2.75) is 6.92 Å². The van der Waals surface area contributed by atoms with Crippen LogP contribution in [0, 0.1) is 24.1 Å². The lowest BCUT2D eigenvalue weighted by atomic mass is 10.1. The van der Waals surface area contributed by atoms with E-state index in [-0.39, 0.29) is 17.0 Å². The molecule has 0 radical (unpaired) electrons. The topological polar surface area (TPSA) is 73.1 Å². The Labute approximate surface area is 115 Å². The number of nitriles is 1. The van der Waals surface area contributed by atoms with Crippen molar-refractivity contribution >= 4 is 11.6 Å². The van der Waals surface area contributed by atoms with Crippen molar-refractivity contribution < 1.29 is 14.3 Å². The van der Waals surface area contributed by atoms with E-state index in [9.17, 15) is 14.3 Å². The Hall–Kier alpha value is -2.87. The SMILES string of the molecule is Cc1cc(O)ccc1C(=O)Nc1ccc(F)cc1C#N. The number of halogens is 1. The molecule has 2 aromatic rings. The van der Waals surface area contributed by atoms with Gasteiger partial charge in [0.05, 0.1) is 11.3 Å². The molecule has 1 amide bonds. The highest BCUT2D eigenvalue weighted by atomic mass is 19.1. The molecule has 0 aliphatic carbocycles. The van der Waals surface area contributed by atoms with Crippen LogP contribution < -0.4 is 5.32 Å². The number of phenols is 1. The Morgan fingerprint density at radius 3 is 2.70 bits per heavy atom. The lowest BCUT2D eigenvalue weighted by Crippen LogP contribution is -2.14. The smallest absolute Gasteiger partial charge is 0.255 e. The Kier molecular flexibility index (Phi) is 3.67. The zero-order valence-corrected chi connectivity index (χ0v) is 10.6. The van der Waals surface area contributed by atoms with Gasteiger partial charge in [-0.25, -0.2) is 4.39 Å². The molecule has 2 rings (SSSR count). The molecule has 0 saturated carbocycles. The van der Waals surface area contributed by atoms with E-state index in [0.717, 1.165) is 6.07 Å². The standard InChI is InChI=1S/C15H11FN2O2/c1-9-6-12(19)3-4-13(9)15(20)18-14-5-2-11(16)7-10(14)8-17/h2-7,19H,1H3,(H,18,20). The fourth-order valence-corrected chi connectivity index (χ4v) is 1.81. The summed E-state index contributed by atoms with van der Waals surface area (Å²) in [6.07, 6.45) is 0. The van der Waals surface area contributed by atoms with E-state index in [1.165, 1.54) is 30.3 Å². The highest BCUT2D eigenvalue weighted by molar-refractivity contribution is 6.05. The summed E-state index contributed by atoms with van der Waals surface area (Å²) < 4.78 is 13.0. The number of aromatic hydroxyl groups is 1. The molecule has 20 heavy (non-hydrogen) atoms. The highest BCUT2D eigenvalue weighted by Gasteiger charge is 2.12. The first-order chi connectivity index (χ1) is 9.51. The average Bonchev–Trinajstić information content (AvgIpc) is 2.40. The molecule has 0 heterocycles. The van der Waals surface area contributed by atoms with Gasteiger partial charge in [-0.05, 0) is 48.9 Å². The minimum atomic E-state index is -0.541. The second-order valence-corrected chi connectivity index (χ2v) is 4.26. The van der Waals surface area contributed by atoms with Crippen LogP contribution in [0.4, 0.5) is 10.1 Å². The fourth-order valence-electron chi connectivity index (χ4n) is 1.81. The van der Waals surface area contributed by atoms with Gasteiger partial charge >= 0.3 is 0 Å². The lowest BCUT2D eigenvalue weighted by molar-refractivity contribution is 0.102. The average molecular weight is 270 g/mol. The van der Waals surface area contributed by atoms with E-state index in [1.807, 2.05) is 6.07 Å². The molecule has 0 spiro atoms. The predicted octanol–water partition coefficient (Wildman–Crippen LogP) is 2.96. The summed E-state index contributed by atoms with van der Waals surface area (Å²) in [6, 6.07) is 9.72. The molecule has 2 aromatic carbocycles. The number of phenolic OH excluding ortho intramolecular Hbond substituents is 1. The van der Waals surface area contributed by atoms with Crippen LogP contribution in [0.5, 0.6) is 5.75 Å². The van der Waals surface area contributed by atoms with E-state index >= 15 is 0 Å². The fraction of sp³-hybridized carbons (Fsp3) is 0.0667. The number of aryl methyl sites for hydroxylation is 1.